The quantitative estimate of drug-likeness (QED) is 0.496. The Bertz CT molecular complexity index is 765. The summed E-state index contributed by atoms with van der Waals surface area (Å²) < 4.78 is 17.9. The highest BCUT2D eigenvalue weighted by Gasteiger charge is 2.41. The second-order valence-corrected chi connectivity index (χ2v) is 5.08. The van der Waals surface area contributed by atoms with Gasteiger partial charge in [0.05, 0.1) is 11.1 Å². The van der Waals surface area contributed by atoms with Gasteiger partial charge >= 0.3 is 5.97 Å². The average Bonchev–Trinajstić information content (AvgIpc) is 2.81. The summed E-state index contributed by atoms with van der Waals surface area (Å²) in [5.41, 5.74) is 0.526. The van der Waals surface area contributed by atoms with Crippen LogP contribution in [-0.2, 0) is 4.79 Å². The van der Waals surface area contributed by atoms with Gasteiger partial charge in [0.15, 0.2) is 0 Å². The van der Waals surface area contributed by atoms with Gasteiger partial charge in [0.1, 0.15) is 17.6 Å². The number of ether oxygens (including phenoxy) is 1. The lowest BCUT2D eigenvalue weighted by Crippen LogP contribution is -2.44. The van der Waals surface area contributed by atoms with Crippen LogP contribution in [0.5, 0.6) is 5.75 Å². The topological polar surface area (TPSA) is 63.7 Å². The van der Waals surface area contributed by atoms with E-state index in [1.54, 1.807) is 12.1 Å². The van der Waals surface area contributed by atoms with Crippen molar-refractivity contribution in [2.75, 3.05) is 0 Å². The minimum atomic E-state index is -1.09. The van der Waals surface area contributed by atoms with Crippen LogP contribution in [0.3, 0.4) is 0 Å². The Labute approximate surface area is 131 Å². The number of nitrogens with zero attached hydrogens (tertiary/aromatic N) is 1. The van der Waals surface area contributed by atoms with Gasteiger partial charge in [-0.15, -0.1) is 0 Å². The zero-order valence-electron chi connectivity index (χ0n) is 12.2. The Morgan fingerprint density at radius 3 is 2.04 bits per heavy atom. The summed E-state index contributed by atoms with van der Waals surface area (Å²) >= 11 is 0. The third kappa shape index (κ3) is 2.59. The molecule has 0 fully saturated rings. The molecule has 116 valence electrons. The third-order valence-electron chi connectivity index (χ3n) is 3.59. The Hall–Kier alpha value is -3.02. The Balaban J connectivity index is 1.79. The Morgan fingerprint density at radius 2 is 1.52 bits per heavy atom. The molecule has 0 N–H and O–H groups in total. The van der Waals surface area contributed by atoms with Crippen LogP contribution in [-0.4, -0.2) is 28.7 Å². The molecule has 0 saturated heterocycles. The number of hydrogen-bond acceptors (Lipinski definition) is 4. The van der Waals surface area contributed by atoms with Crippen LogP contribution in [0.25, 0.3) is 0 Å². The van der Waals surface area contributed by atoms with Gasteiger partial charge < -0.3 is 4.74 Å². The fourth-order valence-corrected chi connectivity index (χ4v) is 2.37. The van der Waals surface area contributed by atoms with Crippen LogP contribution in [0.15, 0.2) is 48.5 Å². The lowest BCUT2D eigenvalue weighted by Gasteiger charge is -2.20. The maximum Gasteiger partial charge on any atom is 0.334 e. The van der Waals surface area contributed by atoms with E-state index in [1.807, 2.05) is 0 Å². The molecule has 5 nitrogen and oxygen atoms in total. The molecule has 2 aromatic carbocycles. The standard InChI is InChI=1S/C17H12FNO4/c1-10(17(22)23-12-8-6-11(18)7-9-12)19-15(20)13-4-2-3-5-14(13)16(19)21/h2-10H,1H3/t10-/m0/s1. The summed E-state index contributed by atoms with van der Waals surface area (Å²) in [7, 11) is 0. The van der Waals surface area contributed by atoms with Gasteiger partial charge in [0.2, 0.25) is 0 Å². The molecular formula is C17H12FNO4. The first-order valence-corrected chi connectivity index (χ1v) is 6.93. The van der Waals surface area contributed by atoms with Gasteiger partial charge in [0.25, 0.3) is 11.8 Å². The molecule has 1 atom stereocenters. The SMILES string of the molecule is C[C@@H](C(=O)Oc1ccc(F)cc1)N1C(=O)c2ccccc2C1=O. The summed E-state index contributed by atoms with van der Waals surface area (Å²) in [6, 6.07) is 10.2. The molecule has 0 aromatic heterocycles. The Morgan fingerprint density at radius 1 is 1.00 bits per heavy atom. The average molecular weight is 313 g/mol. The fraction of sp³-hybridized carbons (Fsp3) is 0.118. The van der Waals surface area contributed by atoms with Crippen molar-refractivity contribution in [1.82, 2.24) is 4.90 Å². The highest BCUT2D eigenvalue weighted by molar-refractivity contribution is 6.22. The predicted octanol–water partition coefficient (Wildman–Crippen LogP) is 2.42. The number of rotatable bonds is 3. The number of fused-ring (bicyclic) bond motifs is 1. The fourth-order valence-electron chi connectivity index (χ4n) is 2.37. The highest BCUT2D eigenvalue weighted by atomic mass is 19.1. The molecule has 2 aromatic rings. The van der Waals surface area contributed by atoms with Crippen LogP contribution in [0.2, 0.25) is 0 Å². The van der Waals surface area contributed by atoms with Crippen LogP contribution in [0.4, 0.5) is 4.39 Å². The van der Waals surface area contributed by atoms with Gasteiger partial charge in [0, 0.05) is 0 Å². The van der Waals surface area contributed by atoms with E-state index in [9.17, 15) is 18.8 Å². The van der Waals surface area contributed by atoms with Gasteiger partial charge in [-0.2, -0.15) is 0 Å². The smallest absolute Gasteiger partial charge is 0.334 e. The van der Waals surface area contributed by atoms with Crippen LogP contribution in [0, 0.1) is 5.82 Å². The molecule has 0 aliphatic carbocycles. The van der Waals surface area contributed by atoms with Crippen molar-refractivity contribution in [2.45, 2.75) is 13.0 Å². The summed E-state index contributed by atoms with van der Waals surface area (Å²) in [6.45, 7) is 1.41. The number of carbonyl (C=O) groups is 3. The van der Waals surface area contributed by atoms with E-state index >= 15 is 0 Å². The minimum Gasteiger partial charge on any atom is -0.425 e. The summed E-state index contributed by atoms with van der Waals surface area (Å²) in [5.74, 6) is -2.16. The number of hydrogen-bond donors (Lipinski definition) is 0. The van der Waals surface area contributed by atoms with Crippen molar-refractivity contribution in [3.8, 4) is 5.75 Å². The molecule has 0 unspecified atom stereocenters. The van der Waals surface area contributed by atoms with E-state index in [0.717, 1.165) is 17.0 Å². The van der Waals surface area contributed by atoms with Crippen molar-refractivity contribution >= 4 is 17.8 Å². The number of amides is 2. The van der Waals surface area contributed by atoms with E-state index in [0.29, 0.717) is 0 Å². The molecule has 3 rings (SSSR count). The first-order valence-electron chi connectivity index (χ1n) is 6.93. The van der Waals surface area contributed by atoms with Crippen molar-refractivity contribution in [3.05, 3.63) is 65.5 Å². The largest absolute Gasteiger partial charge is 0.425 e. The second kappa shape index (κ2) is 5.64. The zero-order chi connectivity index (χ0) is 16.6. The van der Waals surface area contributed by atoms with Gasteiger partial charge in [-0.1, -0.05) is 12.1 Å². The minimum absolute atomic E-state index is 0.139. The monoisotopic (exact) mass is 313 g/mol. The van der Waals surface area contributed by atoms with E-state index in [-0.39, 0.29) is 16.9 Å². The second-order valence-electron chi connectivity index (χ2n) is 5.08. The van der Waals surface area contributed by atoms with E-state index < -0.39 is 29.6 Å². The number of imide groups is 1. The first-order chi connectivity index (χ1) is 11.0. The molecule has 0 bridgehead atoms. The normalized spacial score (nSPS) is 14.6. The van der Waals surface area contributed by atoms with Crippen LogP contribution in [0.1, 0.15) is 27.6 Å². The molecule has 0 radical (unpaired) electrons. The van der Waals surface area contributed by atoms with Gasteiger partial charge in [-0.25, -0.2) is 9.18 Å². The van der Waals surface area contributed by atoms with Crippen molar-refractivity contribution in [1.29, 1.82) is 0 Å². The lowest BCUT2D eigenvalue weighted by molar-refractivity contribution is -0.138. The highest BCUT2D eigenvalue weighted by Crippen LogP contribution is 2.25. The predicted molar refractivity (Wildman–Crippen MR) is 78.4 cm³/mol. The lowest BCUT2D eigenvalue weighted by atomic mass is 10.1. The molecule has 23 heavy (non-hydrogen) atoms. The van der Waals surface area contributed by atoms with Crippen LogP contribution >= 0.6 is 0 Å². The zero-order valence-corrected chi connectivity index (χ0v) is 12.2. The molecule has 1 heterocycles. The van der Waals surface area contributed by atoms with Crippen molar-refractivity contribution in [3.63, 3.8) is 0 Å². The van der Waals surface area contributed by atoms with E-state index in [4.69, 9.17) is 4.74 Å². The van der Waals surface area contributed by atoms with E-state index in [1.165, 1.54) is 31.2 Å². The number of benzene rings is 2. The molecule has 0 spiro atoms. The number of carbonyl (C=O) groups excluding carboxylic acids is 3. The van der Waals surface area contributed by atoms with Gasteiger partial charge in [-0.05, 0) is 43.3 Å². The summed E-state index contributed by atoms with van der Waals surface area (Å²) in [4.78, 5) is 37.6. The van der Waals surface area contributed by atoms with Crippen molar-refractivity contribution < 1.29 is 23.5 Å². The third-order valence-corrected chi connectivity index (χ3v) is 3.59. The molecule has 2 amide bonds. The molecule has 1 aliphatic heterocycles. The molecule has 0 saturated carbocycles. The first kappa shape index (κ1) is 14.9. The summed E-state index contributed by atoms with van der Waals surface area (Å²) in [6.07, 6.45) is 0. The maximum absolute atomic E-state index is 12.8. The van der Waals surface area contributed by atoms with Gasteiger partial charge in [-0.3, -0.25) is 14.5 Å². The number of halogens is 1. The van der Waals surface area contributed by atoms with Crippen LogP contribution < -0.4 is 4.74 Å². The maximum atomic E-state index is 12.8. The molecule has 1 aliphatic rings. The Kier molecular flexibility index (Phi) is 3.65. The molecule has 6 heteroatoms. The van der Waals surface area contributed by atoms with E-state index in [2.05, 4.69) is 0 Å². The van der Waals surface area contributed by atoms with Crippen molar-refractivity contribution in [2.24, 2.45) is 0 Å². The summed E-state index contributed by atoms with van der Waals surface area (Å²) in [5, 5.41) is 0. The molecular weight excluding hydrogens is 301 g/mol. The number of esters is 1.